The molecule has 2 aliphatic rings. The lowest BCUT2D eigenvalue weighted by molar-refractivity contribution is 0.0281. The number of amides is 1. The number of imidazole rings is 1. The molecule has 1 aliphatic carbocycles. The number of terminal acetylenes is 1. The first-order chi connectivity index (χ1) is 14.1. The van der Waals surface area contributed by atoms with Crippen molar-refractivity contribution in [2.75, 3.05) is 16.8 Å². The van der Waals surface area contributed by atoms with Crippen LogP contribution in [0.3, 0.4) is 0 Å². The fraction of sp³-hybridized carbons (Fsp3) is 0.391. The summed E-state index contributed by atoms with van der Waals surface area (Å²) in [5, 5.41) is 14.2. The van der Waals surface area contributed by atoms with E-state index in [1.54, 1.807) is 6.20 Å². The van der Waals surface area contributed by atoms with Crippen LogP contribution in [-0.2, 0) is 5.60 Å². The lowest BCUT2D eigenvalue weighted by atomic mass is 9.84. The summed E-state index contributed by atoms with van der Waals surface area (Å²) in [4.78, 5) is 19.6. The Morgan fingerprint density at radius 1 is 1.31 bits per heavy atom. The molecule has 0 atom stereocenters. The summed E-state index contributed by atoms with van der Waals surface area (Å²) in [5.41, 5.74) is 3.50. The van der Waals surface area contributed by atoms with Gasteiger partial charge in [-0.1, -0.05) is 12.1 Å². The van der Waals surface area contributed by atoms with E-state index in [1.165, 1.54) is 12.0 Å². The van der Waals surface area contributed by atoms with Crippen molar-refractivity contribution in [3.8, 4) is 12.3 Å². The number of benzene rings is 1. The van der Waals surface area contributed by atoms with Gasteiger partial charge in [-0.2, -0.15) is 11.8 Å². The predicted octanol–water partition coefficient (Wildman–Crippen LogP) is 4.32. The van der Waals surface area contributed by atoms with Crippen molar-refractivity contribution in [2.24, 2.45) is 0 Å². The van der Waals surface area contributed by atoms with Crippen LogP contribution in [0.2, 0.25) is 0 Å². The van der Waals surface area contributed by atoms with Crippen molar-refractivity contribution >= 4 is 28.9 Å². The first-order valence-corrected chi connectivity index (χ1v) is 11.2. The number of aromatic amines is 1. The summed E-state index contributed by atoms with van der Waals surface area (Å²) in [5.74, 6) is 4.20. The van der Waals surface area contributed by atoms with Crippen LogP contribution < -0.4 is 5.32 Å². The zero-order valence-electron chi connectivity index (χ0n) is 16.3. The number of rotatable bonds is 4. The number of thioether (sulfide) groups is 1. The van der Waals surface area contributed by atoms with E-state index in [4.69, 9.17) is 6.42 Å². The minimum atomic E-state index is -0.791. The molecule has 1 aromatic heterocycles. The van der Waals surface area contributed by atoms with Gasteiger partial charge in [0.25, 0.3) is 5.91 Å². The van der Waals surface area contributed by atoms with E-state index < -0.39 is 5.60 Å². The number of hydrogen-bond acceptors (Lipinski definition) is 4. The molecular formula is C23H25N3O2S. The van der Waals surface area contributed by atoms with E-state index >= 15 is 0 Å². The molecule has 1 saturated heterocycles. The summed E-state index contributed by atoms with van der Waals surface area (Å²) in [7, 11) is 0. The Bertz CT molecular complexity index is 980. The van der Waals surface area contributed by atoms with Gasteiger partial charge in [0.1, 0.15) is 5.69 Å². The fourth-order valence-electron chi connectivity index (χ4n) is 3.98. The van der Waals surface area contributed by atoms with Crippen molar-refractivity contribution in [3.05, 3.63) is 53.1 Å². The summed E-state index contributed by atoms with van der Waals surface area (Å²) in [6.45, 7) is 0. The predicted molar refractivity (Wildman–Crippen MR) is 118 cm³/mol. The Morgan fingerprint density at radius 2 is 2.14 bits per heavy atom. The maximum atomic E-state index is 12.7. The number of nitrogens with one attached hydrogen (secondary N) is 2. The van der Waals surface area contributed by atoms with Crippen molar-refractivity contribution in [1.82, 2.24) is 9.97 Å². The van der Waals surface area contributed by atoms with Crippen molar-refractivity contribution in [2.45, 2.75) is 44.1 Å². The summed E-state index contributed by atoms with van der Waals surface area (Å²) in [6, 6.07) is 5.91. The monoisotopic (exact) mass is 407 g/mol. The second-order valence-electron chi connectivity index (χ2n) is 7.61. The fourth-order valence-corrected chi connectivity index (χ4v) is 5.15. The molecule has 3 N–H and O–H groups in total. The highest BCUT2D eigenvalue weighted by Crippen LogP contribution is 2.40. The number of carbonyl (C=O) groups excluding carboxylic acids is 1. The lowest BCUT2D eigenvalue weighted by Gasteiger charge is -2.33. The van der Waals surface area contributed by atoms with Crippen molar-refractivity contribution < 1.29 is 9.90 Å². The van der Waals surface area contributed by atoms with Gasteiger partial charge in [0, 0.05) is 17.4 Å². The smallest absolute Gasteiger partial charge is 0.291 e. The zero-order valence-corrected chi connectivity index (χ0v) is 17.1. The molecule has 0 unspecified atom stereocenters. The topological polar surface area (TPSA) is 78.0 Å². The van der Waals surface area contributed by atoms with Gasteiger partial charge in [-0.25, -0.2) is 4.98 Å². The maximum Gasteiger partial charge on any atom is 0.291 e. The second kappa shape index (κ2) is 8.48. The van der Waals surface area contributed by atoms with Crippen LogP contribution in [0.5, 0.6) is 0 Å². The molecule has 1 aromatic carbocycles. The van der Waals surface area contributed by atoms with Gasteiger partial charge in [0.2, 0.25) is 0 Å². The zero-order chi connectivity index (χ0) is 20.3. The minimum Gasteiger partial charge on any atom is -0.385 e. The first-order valence-electron chi connectivity index (χ1n) is 10.1. The average molecular weight is 408 g/mol. The third-order valence-electron chi connectivity index (χ3n) is 5.70. The standard InChI is InChI=1S/C23H25N3O2S/c1-2-18-15-24-21(25-18)22(27)26-20-9-8-17(23(28)10-12-29-13-11-23)14-19(20)16-6-4-3-5-7-16/h1,6,8-9,14-15,28H,3-5,7,10-13H2,(H,24,25)(H,26,27). The maximum absolute atomic E-state index is 12.7. The Kier molecular flexibility index (Phi) is 5.79. The Hall–Kier alpha value is -2.49. The van der Waals surface area contributed by atoms with Gasteiger partial charge < -0.3 is 15.4 Å². The Labute approximate surface area is 175 Å². The molecule has 2 heterocycles. The van der Waals surface area contributed by atoms with E-state index in [9.17, 15) is 9.90 Å². The van der Waals surface area contributed by atoms with Crippen LogP contribution in [0.25, 0.3) is 5.57 Å². The highest BCUT2D eigenvalue weighted by Gasteiger charge is 2.32. The molecule has 4 rings (SSSR count). The SMILES string of the molecule is C#Cc1c[nH]c(C(=O)Nc2ccc(C3(O)CCSCC3)cc2C2=CCCCC2)n1. The molecule has 0 bridgehead atoms. The quantitative estimate of drug-likeness (QED) is 0.660. The van der Waals surface area contributed by atoms with Crippen molar-refractivity contribution in [3.63, 3.8) is 0 Å². The molecule has 0 radical (unpaired) electrons. The summed E-state index contributed by atoms with van der Waals surface area (Å²) < 4.78 is 0. The minimum absolute atomic E-state index is 0.188. The number of aliphatic hydroxyl groups is 1. The van der Waals surface area contributed by atoms with Crippen LogP contribution in [-0.4, -0.2) is 32.5 Å². The van der Waals surface area contributed by atoms with Gasteiger partial charge in [0.15, 0.2) is 5.82 Å². The van der Waals surface area contributed by atoms with Crippen molar-refractivity contribution in [1.29, 1.82) is 0 Å². The second-order valence-corrected chi connectivity index (χ2v) is 8.84. The molecule has 1 amide bonds. The molecule has 150 valence electrons. The Balaban J connectivity index is 1.68. The largest absolute Gasteiger partial charge is 0.385 e. The third kappa shape index (κ3) is 4.26. The normalized spacial score (nSPS) is 18.6. The number of allylic oxidation sites excluding steroid dienone is 2. The van der Waals surface area contributed by atoms with Crippen LogP contribution in [0.15, 0.2) is 30.5 Å². The highest BCUT2D eigenvalue weighted by molar-refractivity contribution is 7.99. The van der Waals surface area contributed by atoms with Gasteiger partial charge in [-0.05, 0) is 79.2 Å². The van der Waals surface area contributed by atoms with Gasteiger partial charge in [-0.15, -0.1) is 6.42 Å². The first kappa shape index (κ1) is 19.8. The van der Waals surface area contributed by atoms with Gasteiger partial charge >= 0.3 is 0 Å². The number of aromatic nitrogens is 2. The Morgan fingerprint density at radius 3 is 2.83 bits per heavy atom. The van der Waals surface area contributed by atoms with E-state index in [1.807, 2.05) is 23.9 Å². The molecule has 0 spiro atoms. The summed E-state index contributed by atoms with van der Waals surface area (Å²) in [6.07, 6.45) is 15.0. The molecule has 6 heteroatoms. The highest BCUT2D eigenvalue weighted by atomic mass is 32.2. The van der Waals surface area contributed by atoms with Crippen LogP contribution in [0, 0.1) is 12.3 Å². The molecular weight excluding hydrogens is 382 g/mol. The number of anilines is 1. The van der Waals surface area contributed by atoms with E-state index in [0.29, 0.717) is 5.69 Å². The molecule has 1 fully saturated rings. The number of H-pyrrole nitrogens is 1. The van der Waals surface area contributed by atoms with E-state index in [-0.39, 0.29) is 11.7 Å². The summed E-state index contributed by atoms with van der Waals surface area (Å²) >= 11 is 1.88. The van der Waals surface area contributed by atoms with Gasteiger partial charge in [-0.3, -0.25) is 4.79 Å². The molecule has 5 nitrogen and oxygen atoms in total. The molecule has 1 aliphatic heterocycles. The van der Waals surface area contributed by atoms with Crippen LogP contribution >= 0.6 is 11.8 Å². The average Bonchev–Trinajstić information content (AvgIpc) is 3.25. The van der Waals surface area contributed by atoms with E-state index in [0.717, 1.165) is 60.4 Å². The number of carbonyl (C=O) groups is 1. The molecule has 2 aromatic rings. The van der Waals surface area contributed by atoms with Crippen LogP contribution in [0.4, 0.5) is 5.69 Å². The number of nitrogens with zero attached hydrogens (tertiary/aromatic N) is 1. The molecule has 29 heavy (non-hydrogen) atoms. The third-order valence-corrected chi connectivity index (χ3v) is 6.69. The van der Waals surface area contributed by atoms with Gasteiger partial charge in [0.05, 0.1) is 5.60 Å². The van der Waals surface area contributed by atoms with Crippen LogP contribution in [0.1, 0.15) is 66.0 Å². The lowest BCUT2D eigenvalue weighted by Crippen LogP contribution is -2.30. The molecule has 0 saturated carbocycles. The van der Waals surface area contributed by atoms with E-state index in [2.05, 4.69) is 33.3 Å². The number of hydrogen-bond donors (Lipinski definition) is 3.